The molecule has 37 heavy (non-hydrogen) atoms. The van der Waals surface area contributed by atoms with Gasteiger partial charge in [-0.2, -0.15) is 0 Å². The van der Waals surface area contributed by atoms with Crippen LogP contribution in [0.4, 0.5) is 0 Å². The monoisotopic (exact) mass is 510 g/mol. The van der Waals surface area contributed by atoms with Crippen molar-refractivity contribution in [3.05, 3.63) is 69.2 Å². The smallest absolute Gasteiger partial charge is 0.254 e. The van der Waals surface area contributed by atoms with Crippen molar-refractivity contribution in [3.63, 3.8) is 0 Å². The number of amides is 1. The molecule has 0 fully saturated rings. The number of carbonyl (C=O) groups excluding carboxylic acids is 1. The van der Waals surface area contributed by atoms with E-state index in [1.165, 1.54) is 5.57 Å². The molecule has 1 heterocycles. The average molecular weight is 511 g/mol. The van der Waals surface area contributed by atoms with Gasteiger partial charge < -0.3 is 24.5 Å². The molecule has 0 bridgehead atoms. The maximum absolute atomic E-state index is 13.0. The predicted molar refractivity (Wildman–Crippen MR) is 147 cm³/mol. The maximum Gasteiger partial charge on any atom is 0.254 e. The Morgan fingerprint density at radius 2 is 1.95 bits per heavy atom. The number of aliphatic hydroxyl groups is 1. The Morgan fingerprint density at radius 3 is 2.59 bits per heavy atom. The summed E-state index contributed by atoms with van der Waals surface area (Å²) in [5.74, 6) is 1.65. The summed E-state index contributed by atoms with van der Waals surface area (Å²) in [6, 6.07) is 8.58. The van der Waals surface area contributed by atoms with Gasteiger partial charge in [0.1, 0.15) is 11.5 Å². The number of hydrogen-bond acceptors (Lipinski definition) is 5. The molecule has 202 valence electrons. The first-order valence-corrected chi connectivity index (χ1v) is 13.2. The molecule has 0 radical (unpaired) electrons. The average Bonchev–Trinajstić information content (AvgIpc) is 2.86. The van der Waals surface area contributed by atoms with Crippen molar-refractivity contribution in [1.82, 2.24) is 9.88 Å². The second-order valence-corrected chi connectivity index (χ2v) is 10.8. The number of methoxy groups -OCH3 is 1. The van der Waals surface area contributed by atoms with Gasteiger partial charge in [-0.25, -0.2) is 0 Å². The lowest BCUT2D eigenvalue weighted by atomic mass is 9.66. The highest BCUT2D eigenvalue weighted by Gasteiger charge is 2.37. The summed E-state index contributed by atoms with van der Waals surface area (Å²) in [7, 11) is 1.59. The van der Waals surface area contributed by atoms with Crippen LogP contribution in [0.2, 0.25) is 0 Å². The molecular weight excluding hydrogens is 468 g/mol. The minimum atomic E-state index is -0.143. The fourth-order valence-corrected chi connectivity index (χ4v) is 4.92. The van der Waals surface area contributed by atoms with Gasteiger partial charge in [-0.1, -0.05) is 25.5 Å². The number of benzene rings is 1. The quantitative estimate of drug-likeness (QED) is 0.323. The summed E-state index contributed by atoms with van der Waals surface area (Å²) in [5, 5.41) is 12.3. The van der Waals surface area contributed by atoms with Crippen LogP contribution < -0.4 is 20.3 Å². The first-order chi connectivity index (χ1) is 17.7. The number of rotatable bonds is 12. The highest BCUT2D eigenvalue weighted by atomic mass is 16.5. The fourth-order valence-electron chi connectivity index (χ4n) is 4.92. The minimum absolute atomic E-state index is 0.0384. The minimum Gasteiger partial charge on any atom is -0.497 e. The van der Waals surface area contributed by atoms with Crippen LogP contribution in [0.5, 0.6) is 11.5 Å². The van der Waals surface area contributed by atoms with Crippen LogP contribution in [-0.4, -0.2) is 42.4 Å². The second-order valence-electron chi connectivity index (χ2n) is 10.8. The lowest BCUT2D eigenvalue weighted by molar-refractivity contribution is 0.0951. The predicted octanol–water partition coefficient (Wildman–Crippen LogP) is 4.54. The fraction of sp³-hybridized carbons (Fsp3) is 0.533. The molecule has 0 aliphatic heterocycles. The molecule has 0 saturated heterocycles. The molecule has 1 amide bonds. The molecule has 2 N–H and O–H groups in total. The summed E-state index contributed by atoms with van der Waals surface area (Å²) in [6.45, 7) is 10.2. The number of nitrogens with zero attached hydrogens (tertiary/aromatic N) is 1. The number of carbonyl (C=O) groups is 1. The molecule has 1 aliphatic rings. The highest BCUT2D eigenvalue weighted by molar-refractivity contribution is 5.94. The number of ether oxygens (including phenoxy) is 2. The molecule has 1 aromatic heterocycles. The topological polar surface area (TPSA) is 89.8 Å². The van der Waals surface area contributed by atoms with Crippen molar-refractivity contribution in [3.8, 4) is 11.5 Å². The van der Waals surface area contributed by atoms with Gasteiger partial charge in [0.05, 0.1) is 13.7 Å². The standard InChI is InChI=1S/C30H42N2O5/c1-21(2)8-11-23-18-25-26(20-30(23,3)4)32(15-7-16-33)28(34)19-27(25)37-17-6-14-31-29(35)22-9-12-24(36-5)13-10-22/h8-10,12-13,19,23,33H,6-7,11,14-18,20H2,1-5H3,(H,31,35). The van der Waals surface area contributed by atoms with Crippen LogP contribution in [0.3, 0.4) is 0 Å². The Balaban J connectivity index is 1.70. The van der Waals surface area contributed by atoms with Gasteiger partial charge in [-0.15, -0.1) is 0 Å². The Bertz CT molecular complexity index is 1140. The number of aromatic nitrogens is 1. The Labute approximate surface area is 220 Å². The van der Waals surface area contributed by atoms with E-state index in [-0.39, 0.29) is 23.5 Å². The van der Waals surface area contributed by atoms with Crippen molar-refractivity contribution in [2.75, 3.05) is 26.9 Å². The van der Waals surface area contributed by atoms with Gasteiger partial charge >= 0.3 is 0 Å². The molecular formula is C30H42N2O5. The molecule has 7 nitrogen and oxygen atoms in total. The van der Waals surface area contributed by atoms with Crippen molar-refractivity contribution in [1.29, 1.82) is 0 Å². The maximum atomic E-state index is 13.0. The molecule has 0 spiro atoms. The molecule has 3 rings (SSSR count). The Hall–Kier alpha value is -3.06. The summed E-state index contributed by atoms with van der Waals surface area (Å²) < 4.78 is 13.1. The number of fused-ring (bicyclic) bond motifs is 1. The molecule has 1 aromatic carbocycles. The number of pyridine rings is 1. The lowest BCUT2D eigenvalue weighted by Gasteiger charge is -2.41. The molecule has 0 saturated carbocycles. The molecule has 1 aliphatic carbocycles. The zero-order chi connectivity index (χ0) is 27.0. The SMILES string of the molecule is COc1ccc(C(=O)NCCCOc2cc(=O)n(CCCO)c3c2CC(CC=C(C)C)C(C)(C)C3)cc1. The van der Waals surface area contributed by atoms with Crippen molar-refractivity contribution in [2.45, 2.75) is 66.3 Å². The van der Waals surface area contributed by atoms with E-state index in [1.807, 2.05) is 4.57 Å². The van der Waals surface area contributed by atoms with Gasteiger partial charge in [0.15, 0.2) is 0 Å². The molecule has 1 unspecified atom stereocenters. The van der Waals surface area contributed by atoms with E-state index in [2.05, 4.69) is 39.1 Å². The molecule has 2 aromatic rings. The number of allylic oxidation sites excluding steroid dienone is 2. The van der Waals surface area contributed by atoms with Crippen LogP contribution in [0.25, 0.3) is 0 Å². The van der Waals surface area contributed by atoms with Gasteiger partial charge in [-0.3, -0.25) is 9.59 Å². The van der Waals surface area contributed by atoms with Crippen LogP contribution in [0.15, 0.2) is 46.8 Å². The van der Waals surface area contributed by atoms with E-state index < -0.39 is 0 Å². The van der Waals surface area contributed by atoms with E-state index in [9.17, 15) is 14.7 Å². The number of hydrogen-bond donors (Lipinski definition) is 2. The summed E-state index contributed by atoms with van der Waals surface area (Å²) in [5.41, 5.74) is 3.97. The summed E-state index contributed by atoms with van der Waals surface area (Å²) in [4.78, 5) is 25.4. The van der Waals surface area contributed by atoms with Gasteiger partial charge in [0, 0.05) is 42.6 Å². The van der Waals surface area contributed by atoms with Crippen LogP contribution in [-0.2, 0) is 19.4 Å². The largest absolute Gasteiger partial charge is 0.497 e. The zero-order valence-corrected chi connectivity index (χ0v) is 22.9. The third kappa shape index (κ3) is 7.48. The third-order valence-corrected chi connectivity index (χ3v) is 7.24. The van der Waals surface area contributed by atoms with E-state index >= 15 is 0 Å². The van der Waals surface area contributed by atoms with Crippen molar-refractivity contribution >= 4 is 5.91 Å². The highest BCUT2D eigenvalue weighted by Crippen LogP contribution is 2.44. The molecule has 1 atom stereocenters. The third-order valence-electron chi connectivity index (χ3n) is 7.24. The van der Waals surface area contributed by atoms with E-state index in [4.69, 9.17) is 9.47 Å². The second kappa shape index (κ2) is 13.0. The zero-order valence-electron chi connectivity index (χ0n) is 22.9. The first-order valence-electron chi connectivity index (χ1n) is 13.2. The van der Waals surface area contributed by atoms with Crippen molar-refractivity contribution in [2.24, 2.45) is 11.3 Å². The number of aliphatic hydroxyl groups excluding tert-OH is 1. The Morgan fingerprint density at radius 1 is 1.22 bits per heavy atom. The van der Waals surface area contributed by atoms with E-state index in [0.29, 0.717) is 55.5 Å². The summed E-state index contributed by atoms with van der Waals surface area (Å²) >= 11 is 0. The van der Waals surface area contributed by atoms with Crippen LogP contribution >= 0.6 is 0 Å². The Kier molecular flexibility index (Phi) is 9.98. The van der Waals surface area contributed by atoms with E-state index in [0.717, 1.165) is 30.5 Å². The van der Waals surface area contributed by atoms with Gasteiger partial charge in [0.2, 0.25) is 0 Å². The normalized spacial score (nSPS) is 16.0. The lowest BCUT2D eigenvalue weighted by Crippen LogP contribution is -2.38. The van der Waals surface area contributed by atoms with Crippen molar-refractivity contribution < 1.29 is 19.4 Å². The van der Waals surface area contributed by atoms with E-state index in [1.54, 1.807) is 37.4 Å². The number of nitrogens with one attached hydrogen (secondary N) is 1. The van der Waals surface area contributed by atoms with Crippen LogP contribution in [0, 0.1) is 11.3 Å². The van der Waals surface area contributed by atoms with Crippen LogP contribution in [0.1, 0.15) is 68.6 Å². The first kappa shape index (κ1) is 28.5. The van der Waals surface area contributed by atoms with Gasteiger partial charge in [-0.05, 0) is 81.5 Å². The summed E-state index contributed by atoms with van der Waals surface area (Å²) in [6.07, 6.45) is 6.08. The van der Waals surface area contributed by atoms with Gasteiger partial charge in [0.25, 0.3) is 11.5 Å². The molecule has 7 heteroatoms.